The molecule has 1 aromatic carbocycles. The number of pyridine rings is 1. The molecule has 0 atom stereocenters. The summed E-state index contributed by atoms with van der Waals surface area (Å²) in [5, 5.41) is 4.45. The van der Waals surface area contributed by atoms with Gasteiger partial charge in [-0.05, 0) is 42.3 Å². The predicted octanol–water partition coefficient (Wildman–Crippen LogP) is 3.85. The van der Waals surface area contributed by atoms with Crippen LogP contribution in [0.5, 0.6) is 5.75 Å². The Balaban J connectivity index is 1.58. The third kappa shape index (κ3) is 3.45. The number of nitrogens with two attached hydrogens (primary N) is 1. The predicted molar refractivity (Wildman–Crippen MR) is 99.5 cm³/mol. The van der Waals surface area contributed by atoms with Gasteiger partial charge in [-0.25, -0.2) is 4.68 Å². The normalized spacial score (nSPS) is 13.5. The zero-order chi connectivity index (χ0) is 17.1. The van der Waals surface area contributed by atoms with E-state index in [0.717, 1.165) is 35.7 Å². The van der Waals surface area contributed by atoms with E-state index < -0.39 is 0 Å². The minimum absolute atomic E-state index is 0.693. The Morgan fingerprint density at radius 3 is 2.92 bits per heavy atom. The first-order valence-electron chi connectivity index (χ1n) is 8.17. The molecule has 2 aromatic heterocycles. The highest BCUT2D eigenvalue weighted by Crippen LogP contribution is 2.27. The Morgan fingerprint density at radius 1 is 1.12 bits per heavy atom. The molecule has 5 heteroatoms. The van der Waals surface area contributed by atoms with Gasteiger partial charge in [0.1, 0.15) is 11.5 Å². The van der Waals surface area contributed by atoms with Gasteiger partial charge >= 0.3 is 0 Å². The highest BCUT2D eigenvalue weighted by Gasteiger charge is 2.16. The Morgan fingerprint density at radius 2 is 2.08 bits per heavy atom. The molecule has 0 bridgehead atoms. The van der Waals surface area contributed by atoms with E-state index in [1.54, 1.807) is 6.20 Å². The summed E-state index contributed by atoms with van der Waals surface area (Å²) in [4.78, 5) is 4.29. The minimum Gasteiger partial charge on any atom is -0.462 e. The lowest BCUT2D eigenvalue weighted by Crippen LogP contribution is -2.05. The number of benzene rings is 1. The number of rotatable bonds is 4. The molecule has 4 rings (SSSR count). The monoisotopic (exact) mass is 330 g/mol. The number of fused-ring (bicyclic) bond motifs is 1. The van der Waals surface area contributed by atoms with E-state index in [1.807, 2.05) is 71.7 Å². The number of anilines is 1. The van der Waals surface area contributed by atoms with Gasteiger partial charge in [0.15, 0.2) is 0 Å². The van der Waals surface area contributed by atoms with Crippen LogP contribution in [-0.4, -0.2) is 14.8 Å². The van der Waals surface area contributed by atoms with Gasteiger partial charge in [0, 0.05) is 36.6 Å². The van der Waals surface area contributed by atoms with E-state index >= 15 is 0 Å². The second-order valence-electron chi connectivity index (χ2n) is 5.86. The molecule has 1 aliphatic rings. The molecule has 0 unspecified atom stereocenters. The lowest BCUT2D eigenvalue weighted by molar-refractivity contribution is 0.406. The van der Waals surface area contributed by atoms with E-state index in [2.05, 4.69) is 10.1 Å². The summed E-state index contributed by atoms with van der Waals surface area (Å²) >= 11 is 0. The summed E-state index contributed by atoms with van der Waals surface area (Å²) in [5.41, 5.74) is 9.65. The highest BCUT2D eigenvalue weighted by molar-refractivity contribution is 5.63. The zero-order valence-electron chi connectivity index (χ0n) is 13.7. The first kappa shape index (κ1) is 15.2. The quantitative estimate of drug-likeness (QED) is 0.738. The van der Waals surface area contributed by atoms with Crippen molar-refractivity contribution in [3.8, 4) is 5.75 Å². The summed E-state index contributed by atoms with van der Waals surface area (Å²) < 4.78 is 7.84. The number of aryl methyl sites for hydroxylation is 1. The zero-order valence-corrected chi connectivity index (χ0v) is 13.7. The highest BCUT2D eigenvalue weighted by atomic mass is 16.5. The van der Waals surface area contributed by atoms with E-state index in [9.17, 15) is 0 Å². The van der Waals surface area contributed by atoms with Gasteiger partial charge in [-0.2, -0.15) is 5.10 Å². The van der Waals surface area contributed by atoms with Gasteiger partial charge in [-0.1, -0.05) is 12.1 Å². The fraction of sp³-hybridized carbons (Fsp3) is 0.100. The van der Waals surface area contributed by atoms with Gasteiger partial charge in [0.25, 0.3) is 0 Å². The molecule has 25 heavy (non-hydrogen) atoms. The second kappa shape index (κ2) is 6.65. The van der Waals surface area contributed by atoms with Crippen LogP contribution in [0.1, 0.15) is 23.4 Å². The number of nitrogen functional groups attached to an aromatic ring is 1. The van der Waals surface area contributed by atoms with Crippen LogP contribution in [0.15, 0.2) is 60.6 Å². The topological polar surface area (TPSA) is 66.0 Å². The first-order valence-corrected chi connectivity index (χ1v) is 8.17. The number of nitrogens with zero attached hydrogens (tertiary/aromatic N) is 3. The largest absolute Gasteiger partial charge is 0.462 e. The van der Waals surface area contributed by atoms with E-state index in [0.29, 0.717) is 5.69 Å². The summed E-state index contributed by atoms with van der Waals surface area (Å²) in [6, 6.07) is 13.3. The minimum atomic E-state index is 0.693. The third-order valence-electron chi connectivity index (χ3n) is 4.03. The maximum atomic E-state index is 5.98. The number of aromatic nitrogens is 3. The third-order valence-corrected chi connectivity index (χ3v) is 4.03. The SMILES string of the molecule is Nc1cccc(OC2=Cc3c(cnn3C=Cc3ccccn3)CC2)c1. The van der Waals surface area contributed by atoms with Crippen molar-refractivity contribution in [1.82, 2.24) is 14.8 Å². The van der Waals surface area contributed by atoms with Crippen LogP contribution < -0.4 is 10.5 Å². The standard InChI is InChI=1S/C20H18N4O/c21-16-4-3-6-18(12-16)25-19-8-7-15-14-23-24(20(15)13-19)11-9-17-5-1-2-10-22-17/h1-6,9-14H,7-8,21H2. The summed E-state index contributed by atoms with van der Waals surface area (Å²) in [6.07, 6.45) is 11.3. The van der Waals surface area contributed by atoms with E-state index in [1.165, 1.54) is 5.56 Å². The fourth-order valence-corrected chi connectivity index (χ4v) is 2.79. The average Bonchev–Trinajstić information content (AvgIpc) is 3.03. The van der Waals surface area contributed by atoms with Crippen molar-refractivity contribution in [2.75, 3.05) is 5.73 Å². The summed E-state index contributed by atoms with van der Waals surface area (Å²) in [5.74, 6) is 1.66. The van der Waals surface area contributed by atoms with Crippen molar-refractivity contribution < 1.29 is 4.74 Å². The number of allylic oxidation sites excluding steroid dienone is 1. The van der Waals surface area contributed by atoms with Gasteiger partial charge in [0.2, 0.25) is 0 Å². The van der Waals surface area contributed by atoms with E-state index in [-0.39, 0.29) is 0 Å². The molecule has 2 N–H and O–H groups in total. The molecular weight excluding hydrogens is 312 g/mol. The van der Waals surface area contributed by atoms with Crippen molar-refractivity contribution in [3.05, 3.63) is 77.6 Å². The van der Waals surface area contributed by atoms with Crippen LogP contribution in [0.2, 0.25) is 0 Å². The molecule has 0 saturated heterocycles. The molecule has 0 spiro atoms. The second-order valence-corrected chi connectivity index (χ2v) is 5.86. The number of hydrogen-bond acceptors (Lipinski definition) is 4. The molecule has 1 aliphatic carbocycles. The molecule has 5 nitrogen and oxygen atoms in total. The van der Waals surface area contributed by atoms with Gasteiger partial charge in [-0.3, -0.25) is 4.98 Å². The van der Waals surface area contributed by atoms with Gasteiger partial charge in [0.05, 0.1) is 17.6 Å². The van der Waals surface area contributed by atoms with Crippen LogP contribution in [0.25, 0.3) is 18.4 Å². The van der Waals surface area contributed by atoms with Gasteiger partial charge in [-0.15, -0.1) is 0 Å². The Hall–Kier alpha value is -3.34. The lowest BCUT2D eigenvalue weighted by Gasteiger charge is -2.15. The molecule has 124 valence electrons. The first-order chi connectivity index (χ1) is 12.3. The molecule has 0 fully saturated rings. The van der Waals surface area contributed by atoms with Crippen LogP contribution in [0, 0.1) is 0 Å². The molecule has 3 aromatic rings. The molecular formula is C20H18N4O. The Kier molecular flexibility index (Phi) is 4.04. The molecule has 0 aliphatic heterocycles. The van der Waals surface area contributed by atoms with Crippen LogP contribution >= 0.6 is 0 Å². The summed E-state index contributed by atoms with van der Waals surface area (Å²) in [6.45, 7) is 0. The van der Waals surface area contributed by atoms with Crippen molar-refractivity contribution in [2.24, 2.45) is 0 Å². The average molecular weight is 330 g/mol. The van der Waals surface area contributed by atoms with Crippen molar-refractivity contribution in [2.45, 2.75) is 12.8 Å². The van der Waals surface area contributed by atoms with Crippen molar-refractivity contribution in [3.63, 3.8) is 0 Å². The van der Waals surface area contributed by atoms with Crippen LogP contribution in [-0.2, 0) is 6.42 Å². The maximum absolute atomic E-state index is 5.98. The summed E-state index contributed by atoms with van der Waals surface area (Å²) in [7, 11) is 0. The lowest BCUT2D eigenvalue weighted by atomic mass is 10.0. The molecule has 0 radical (unpaired) electrons. The van der Waals surface area contributed by atoms with Crippen LogP contribution in [0.4, 0.5) is 5.69 Å². The Bertz CT molecular complexity index is 941. The van der Waals surface area contributed by atoms with Crippen molar-refractivity contribution in [1.29, 1.82) is 0 Å². The number of ether oxygens (including phenoxy) is 1. The fourth-order valence-electron chi connectivity index (χ4n) is 2.79. The molecule has 2 heterocycles. The van der Waals surface area contributed by atoms with Crippen LogP contribution in [0.3, 0.4) is 0 Å². The number of hydrogen-bond donors (Lipinski definition) is 1. The van der Waals surface area contributed by atoms with E-state index in [4.69, 9.17) is 10.5 Å². The Labute approximate surface area is 146 Å². The molecule has 0 amide bonds. The maximum Gasteiger partial charge on any atom is 0.128 e. The van der Waals surface area contributed by atoms with Crippen molar-refractivity contribution >= 4 is 24.0 Å². The molecule has 0 saturated carbocycles. The van der Waals surface area contributed by atoms with Gasteiger partial charge < -0.3 is 10.5 Å². The smallest absolute Gasteiger partial charge is 0.128 e.